The number of hydrogen-bond acceptors (Lipinski definition) is 8. The van der Waals surface area contributed by atoms with Crippen molar-refractivity contribution in [3.8, 4) is 11.4 Å². The third-order valence-corrected chi connectivity index (χ3v) is 6.32. The summed E-state index contributed by atoms with van der Waals surface area (Å²) >= 11 is 8.00. The van der Waals surface area contributed by atoms with Crippen LogP contribution >= 0.6 is 23.4 Å². The fourth-order valence-electron chi connectivity index (χ4n) is 3.79. The number of ether oxygens (including phenoxy) is 1. The van der Waals surface area contributed by atoms with E-state index >= 15 is 0 Å². The van der Waals surface area contributed by atoms with Gasteiger partial charge in [-0.1, -0.05) is 41.6 Å². The largest absolute Gasteiger partial charge is 0.372 e. The van der Waals surface area contributed by atoms with Gasteiger partial charge < -0.3 is 15.8 Å². The van der Waals surface area contributed by atoms with Gasteiger partial charge >= 0.3 is 0 Å². The number of anilines is 2. The summed E-state index contributed by atoms with van der Waals surface area (Å²) in [6.45, 7) is 1.06. The zero-order valence-corrected chi connectivity index (χ0v) is 19.0. The zero-order valence-electron chi connectivity index (χ0n) is 17.4. The van der Waals surface area contributed by atoms with Crippen molar-refractivity contribution >= 4 is 51.7 Å². The van der Waals surface area contributed by atoms with Crippen molar-refractivity contribution in [2.24, 2.45) is 0 Å². The molecule has 33 heavy (non-hydrogen) atoms. The van der Waals surface area contributed by atoms with Gasteiger partial charge in [-0.05, 0) is 40.1 Å². The molecule has 0 fully saturated rings. The zero-order chi connectivity index (χ0) is 22.8. The standard InChI is InChI=1S/C23H19ClN6O2S/c24-17-10-14-12-32-11-13-2-1-3-16(19(13)14)20(17)21-28-22(25)30-23(29-21)33-9-6-18(31)27-15-4-7-26-8-5-15/h1-5,7-8,10H,6,9,11-12H2,(H,26,27,31)(H2,25,28,29,30). The van der Waals surface area contributed by atoms with Gasteiger partial charge in [0.1, 0.15) is 0 Å². The first kappa shape index (κ1) is 21.6. The van der Waals surface area contributed by atoms with E-state index < -0.39 is 0 Å². The Labute approximate surface area is 199 Å². The van der Waals surface area contributed by atoms with E-state index in [1.807, 2.05) is 24.3 Å². The summed E-state index contributed by atoms with van der Waals surface area (Å²) < 4.78 is 5.67. The highest BCUT2D eigenvalue weighted by Crippen LogP contribution is 2.39. The molecule has 0 saturated heterocycles. The number of rotatable bonds is 6. The minimum atomic E-state index is -0.107. The van der Waals surface area contributed by atoms with Crippen molar-refractivity contribution in [2.75, 3.05) is 16.8 Å². The van der Waals surface area contributed by atoms with Gasteiger partial charge in [0.2, 0.25) is 11.9 Å². The highest BCUT2D eigenvalue weighted by molar-refractivity contribution is 7.99. The van der Waals surface area contributed by atoms with Crippen molar-refractivity contribution in [2.45, 2.75) is 24.8 Å². The van der Waals surface area contributed by atoms with E-state index in [4.69, 9.17) is 22.1 Å². The lowest BCUT2D eigenvalue weighted by Gasteiger charge is -2.20. The predicted molar refractivity (Wildman–Crippen MR) is 129 cm³/mol. The van der Waals surface area contributed by atoms with Crippen molar-refractivity contribution in [1.82, 2.24) is 19.9 Å². The lowest BCUT2D eigenvalue weighted by atomic mass is 9.94. The van der Waals surface area contributed by atoms with Crippen LogP contribution in [0.5, 0.6) is 0 Å². The molecule has 0 aliphatic carbocycles. The Morgan fingerprint density at radius 1 is 1.12 bits per heavy atom. The van der Waals surface area contributed by atoms with Crippen LogP contribution in [0.25, 0.3) is 22.2 Å². The molecule has 8 nitrogen and oxygen atoms in total. The first-order chi connectivity index (χ1) is 16.1. The Bertz CT molecular complexity index is 1350. The third-order valence-electron chi connectivity index (χ3n) is 5.18. The molecule has 0 spiro atoms. The number of nitrogens with two attached hydrogens (primary N) is 1. The molecule has 1 aliphatic rings. The highest BCUT2D eigenvalue weighted by Gasteiger charge is 2.21. The number of nitrogen functional groups attached to an aromatic ring is 1. The number of halogens is 1. The quantitative estimate of drug-likeness (QED) is 0.390. The van der Waals surface area contributed by atoms with E-state index in [9.17, 15) is 4.79 Å². The second kappa shape index (κ2) is 9.30. The average Bonchev–Trinajstić information content (AvgIpc) is 2.80. The SMILES string of the molecule is Nc1nc(SCCC(=O)Nc2ccncc2)nc(-c2c(Cl)cc3c4c(cccc24)COC3)n1. The van der Waals surface area contributed by atoms with Gasteiger partial charge in [-0.2, -0.15) is 9.97 Å². The summed E-state index contributed by atoms with van der Waals surface area (Å²) in [5.74, 6) is 0.883. The van der Waals surface area contributed by atoms with Gasteiger partial charge in [-0.15, -0.1) is 0 Å². The molecule has 2 aromatic heterocycles. The molecule has 2 aromatic carbocycles. The summed E-state index contributed by atoms with van der Waals surface area (Å²) in [4.78, 5) is 29.3. The van der Waals surface area contributed by atoms with Crippen LogP contribution in [0.1, 0.15) is 17.5 Å². The number of amides is 1. The molecule has 0 unspecified atom stereocenters. The van der Waals surface area contributed by atoms with Gasteiger partial charge in [0, 0.05) is 35.8 Å². The maximum absolute atomic E-state index is 12.2. The fraction of sp³-hybridized carbons (Fsp3) is 0.174. The topological polar surface area (TPSA) is 116 Å². The van der Waals surface area contributed by atoms with Gasteiger partial charge in [0.25, 0.3) is 0 Å². The molecular formula is C23H19ClN6O2S. The summed E-state index contributed by atoms with van der Waals surface area (Å²) in [5.41, 5.74) is 9.55. The van der Waals surface area contributed by atoms with Crippen LogP contribution in [-0.2, 0) is 22.7 Å². The molecule has 1 amide bonds. The Morgan fingerprint density at radius 2 is 1.94 bits per heavy atom. The molecule has 0 atom stereocenters. The average molecular weight is 479 g/mol. The van der Waals surface area contributed by atoms with Crippen molar-refractivity contribution in [3.63, 3.8) is 0 Å². The molecule has 1 aliphatic heterocycles. The molecule has 3 heterocycles. The van der Waals surface area contributed by atoms with Crippen molar-refractivity contribution < 1.29 is 9.53 Å². The number of benzene rings is 2. The minimum Gasteiger partial charge on any atom is -0.372 e. The number of carbonyl (C=O) groups excluding carboxylic acids is 1. The number of nitrogens with zero attached hydrogens (tertiary/aromatic N) is 4. The minimum absolute atomic E-state index is 0.101. The number of thioether (sulfide) groups is 1. The van der Waals surface area contributed by atoms with E-state index in [0.29, 0.717) is 46.2 Å². The number of nitrogens with one attached hydrogen (secondary N) is 1. The Balaban J connectivity index is 1.39. The molecule has 0 radical (unpaired) electrons. The summed E-state index contributed by atoms with van der Waals surface area (Å²) in [6.07, 6.45) is 3.54. The van der Waals surface area contributed by atoms with Crippen LogP contribution in [0.2, 0.25) is 5.02 Å². The predicted octanol–water partition coefficient (Wildman–Crippen LogP) is 4.47. The van der Waals surface area contributed by atoms with Crippen molar-refractivity contribution in [1.29, 1.82) is 0 Å². The maximum Gasteiger partial charge on any atom is 0.225 e. The second-order valence-corrected chi connectivity index (χ2v) is 8.88. The third kappa shape index (κ3) is 4.61. The molecular weight excluding hydrogens is 460 g/mol. The number of aromatic nitrogens is 4. The number of carbonyl (C=O) groups is 1. The van der Waals surface area contributed by atoms with Crippen molar-refractivity contribution in [3.05, 3.63) is 64.9 Å². The maximum atomic E-state index is 12.2. The van der Waals surface area contributed by atoms with Crippen LogP contribution < -0.4 is 11.1 Å². The number of pyridine rings is 1. The normalized spacial score (nSPS) is 12.6. The smallest absolute Gasteiger partial charge is 0.225 e. The van der Waals surface area contributed by atoms with Gasteiger partial charge in [-0.25, -0.2) is 4.98 Å². The number of hydrogen-bond donors (Lipinski definition) is 2. The molecule has 10 heteroatoms. The monoisotopic (exact) mass is 478 g/mol. The molecule has 166 valence electrons. The van der Waals surface area contributed by atoms with E-state index in [2.05, 4.69) is 25.3 Å². The van der Waals surface area contributed by atoms with Crippen LogP contribution in [0.3, 0.4) is 0 Å². The first-order valence-corrected chi connectivity index (χ1v) is 11.6. The van der Waals surface area contributed by atoms with Crippen LogP contribution in [0.15, 0.2) is 53.9 Å². The van der Waals surface area contributed by atoms with Crippen LogP contribution in [0.4, 0.5) is 11.6 Å². The molecule has 5 rings (SSSR count). The molecule has 3 N–H and O–H groups in total. The van der Waals surface area contributed by atoms with E-state index in [0.717, 1.165) is 21.9 Å². The summed E-state index contributed by atoms with van der Waals surface area (Å²) in [5, 5.41) is 5.86. The van der Waals surface area contributed by atoms with E-state index in [1.165, 1.54) is 11.8 Å². The second-order valence-electron chi connectivity index (χ2n) is 7.41. The van der Waals surface area contributed by atoms with Crippen LogP contribution in [0, 0.1) is 0 Å². The fourth-order valence-corrected chi connectivity index (χ4v) is 4.89. The molecule has 0 saturated carbocycles. The Hall–Kier alpha value is -3.27. The first-order valence-electron chi connectivity index (χ1n) is 10.2. The summed E-state index contributed by atoms with van der Waals surface area (Å²) in [6, 6.07) is 11.4. The van der Waals surface area contributed by atoms with Gasteiger partial charge in [0.05, 0.1) is 18.2 Å². The van der Waals surface area contributed by atoms with Gasteiger partial charge in [-0.3, -0.25) is 9.78 Å². The summed E-state index contributed by atoms with van der Waals surface area (Å²) in [7, 11) is 0. The Kier molecular flexibility index (Phi) is 6.08. The lowest BCUT2D eigenvalue weighted by molar-refractivity contribution is -0.115. The van der Waals surface area contributed by atoms with Gasteiger partial charge in [0.15, 0.2) is 11.0 Å². The Morgan fingerprint density at radius 3 is 2.79 bits per heavy atom. The lowest BCUT2D eigenvalue weighted by Crippen LogP contribution is -2.12. The highest BCUT2D eigenvalue weighted by atomic mass is 35.5. The van der Waals surface area contributed by atoms with E-state index in [1.54, 1.807) is 24.5 Å². The molecule has 4 aromatic rings. The molecule has 0 bridgehead atoms. The van der Waals surface area contributed by atoms with Crippen LogP contribution in [-0.4, -0.2) is 31.6 Å². The van der Waals surface area contributed by atoms with E-state index in [-0.39, 0.29) is 18.3 Å².